The minimum absolute atomic E-state index is 0.189. The molecule has 0 bridgehead atoms. The lowest BCUT2D eigenvalue weighted by atomic mass is 9.91. The van der Waals surface area contributed by atoms with E-state index in [1.165, 1.54) is 29.6 Å². The molecule has 90 valence electrons. The van der Waals surface area contributed by atoms with Gasteiger partial charge in [-0.2, -0.15) is 0 Å². The highest BCUT2D eigenvalue weighted by Gasteiger charge is 2.19. The number of hydrogen-bond acceptors (Lipinski definition) is 2. The summed E-state index contributed by atoms with van der Waals surface area (Å²) in [6.07, 6.45) is 6.56. The molecule has 2 heteroatoms. The second kappa shape index (κ2) is 6.70. The van der Waals surface area contributed by atoms with Crippen molar-refractivity contribution in [2.45, 2.75) is 45.8 Å². The van der Waals surface area contributed by atoms with E-state index < -0.39 is 0 Å². The molecule has 16 heavy (non-hydrogen) atoms. The van der Waals surface area contributed by atoms with E-state index in [1.807, 2.05) is 0 Å². The highest BCUT2D eigenvalue weighted by Crippen LogP contribution is 2.29. The van der Waals surface area contributed by atoms with Crippen molar-refractivity contribution in [3.05, 3.63) is 28.5 Å². The molecule has 0 aliphatic heterocycles. The maximum absolute atomic E-state index is 5.34. The molecule has 0 saturated heterocycles. The summed E-state index contributed by atoms with van der Waals surface area (Å²) in [5.74, 6) is 0. The van der Waals surface area contributed by atoms with Crippen LogP contribution in [0.3, 0.4) is 0 Å². The first-order valence-electron chi connectivity index (χ1n) is 5.86. The average Bonchev–Trinajstić information content (AvgIpc) is 2.29. The quantitative estimate of drug-likeness (QED) is 0.534. The SMILES string of the molecule is COC(OC)C1=C(C=C=C(C)C)CCCC1. The van der Waals surface area contributed by atoms with E-state index in [-0.39, 0.29) is 6.29 Å². The van der Waals surface area contributed by atoms with Crippen LogP contribution in [0.25, 0.3) is 0 Å². The summed E-state index contributed by atoms with van der Waals surface area (Å²) in [5.41, 5.74) is 7.09. The fourth-order valence-corrected chi connectivity index (χ4v) is 2.00. The van der Waals surface area contributed by atoms with Crippen molar-refractivity contribution in [2.75, 3.05) is 14.2 Å². The molecule has 0 aromatic carbocycles. The molecular formula is C14H22O2. The summed E-state index contributed by atoms with van der Waals surface area (Å²) in [4.78, 5) is 0. The van der Waals surface area contributed by atoms with Crippen LogP contribution in [0.1, 0.15) is 39.5 Å². The molecular weight excluding hydrogens is 200 g/mol. The molecule has 2 nitrogen and oxygen atoms in total. The Morgan fingerprint density at radius 1 is 1.19 bits per heavy atom. The van der Waals surface area contributed by atoms with E-state index in [0.717, 1.165) is 12.8 Å². The van der Waals surface area contributed by atoms with Gasteiger partial charge in [-0.1, -0.05) is 0 Å². The zero-order valence-electron chi connectivity index (χ0n) is 10.8. The van der Waals surface area contributed by atoms with Gasteiger partial charge in [0.15, 0.2) is 6.29 Å². The molecule has 0 unspecified atom stereocenters. The van der Waals surface area contributed by atoms with E-state index in [2.05, 4.69) is 25.7 Å². The molecule has 1 aliphatic rings. The predicted molar refractivity (Wildman–Crippen MR) is 66.2 cm³/mol. The van der Waals surface area contributed by atoms with Crippen molar-refractivity contribution >= 4 is 0 Å². The molecule has 0 spiro atoms. The second-order valence-corrected chi connectivity index (χ2v) is 4.35. The Hall–Kier alpha value is -0.820. The molecule has 0 heterocycles. The molecule has 0 N–H and O–H groups in total. The van der Waals surface area contributed by atoms with Gasteiger partial charge in [0.05, 0.1) is 0 Å². The van der Waals surface area contributed by atoms with Crippen LogP contribution in [0.5, 0.6) is 0 Å². The maximum Gasteiger partial charge on any atom is 0.179 e. The van der Waals surface area contributed by atoms with Gasteiger partial charge < -0.3 is 9.47 Å². The molecule has 0 fully saturated rings. The molecule has 0 aromatic heterocycles. The van der Waals surface area contributed by atoms with E-state index in [0.29, 0.717) is 0 Å². The summed E-state index contributed by atoms with van der Waals surface area (Å²) < 4.78 is 10.7. The molecule has 1 rings (SSSR count). The van der Waals surface area contributed by atoms with Crippen molar-refractivity contribution in [2.24, 2.45) is 0 Å². The van der Waals surface area contributed by atoms with Gasteiger partial charge in [-0.05, 0) is 62.3 Å². The lowest BCUT2D eigenvalue weighted by Crippen LogP contribution is -2.19. The van der Waals surface area contributed by atoms with Gasteiger partial charge in [-0.15, -0.1) is 5.73 Å². The predicted octanol–water partition coefficient (Wildman–Crippen LogP) is 3.60. The van der Waals surface area contributed by atoms with Crippen LogP contribution in [0.4, 0.5) is 0 Å². The van der Waals surface area contributed by atoms with E-state index in [4.69, 9.17) is 9.47 Å². The summed E-state index contributed by atoms with van der Waals surface area (Å²) >= 11 is 0. The van der Waals surface area contributed by atoms with Gasteiger partial charge in [0.2, 0.25) is 0 Å². The number of methoxy groups -OCH3 is 2. The van der Waals surface area contributed by atoms with E-state index in [9.17, 15) is 0 Å². The van der Waals surface area contributed by atoms with Crippen LogP contribution in [0, 0.1) is 0 Å². The Kier molecular flexibility index (Phi) is 5.54. The molecule has 0 atom stereocenters. The second-order valence-electron chi connectivity index (χ2n) is 4.35. The van der Waals surface area contributed by atoms with E-state index >= 15 is 0 Å². The molecule has 0 amide bonds. The Morgan fingerprint density at radius 2 is 1.81 bits per heavy atom. The van der Waals surface area contributed by atoms with Crippen molar-refractivity contribution < 1.29 is 9.47 Å². The summed E-state index contributed by atoms with van der Waals surface area (Å²) in [6.45, 7) is 4.12. The zero-order chi connectivity index (χ0) is 12.0. The van der Waals surface area contributed by atoms with Crippen LogP contribution in [-0.2, 0) is 9.47 Å². The van der Waals surface area contributed by atoms with Crippen molar-refractivity contribution in [1.82, 2.24) is 0 Å². The largest absolute Gasteiger partial charge is 0.352 e. The minimum atomic E-state index is -0.189. The van der Waals surface area contributed by atoms with Gasteiger partial charge >= 0.3 is 0 Å². The van der Waals surface area contributed by atoms with Crippen LogP contribution >= 0.6 is 0 Å². The molecule has 0 aromatic rings. The van der Waals surface area contributed by atoms with Crippen LogP contribution in [0.15, 0.2) is 28.5 Å². The van der Waals surface area contributed by atoms with E-state index in [1.54, 1.807) is 14.2 Å². The number of hydrogen-bond donors (Lipinski definition) is 0. The Balaban J connectivity index is 3.00. The van der Waals surface area contributed by atoms with Gasteiger partial charge in [0, 0.05) is 14.2 Å². The smallest absolute Gasteiger partial charge is 0.179 e. The van der Waals surface area contributed by atoms with Gasteiger partial charge in [-0.3, -0.25) is 0 Å². The lowest BCUT2D eigenvalue weighted by molar-refractivity contribution is -0.0778. The van der Waals surface area contributed by atoms with Crippen molar-refractivity contribution in [3.63, 3.8) is 0 Å². The minimum Gasteiger partial charge on any atom is -0.352 e. The Labute approximate surface area is 98.6 Å². The third-order valence-corrected chi connectivity index (χ3v) is 2.80. The third-order valence-electron chi connectivity index (χ3n) is 2.80. The number of rotatable bonds is 4. The first kappa shape index (κ1) is 13.2. The fourth-order valence-electron chi connectivity index (χ4n) is 2.00. The van der Waals surface area contributed by atoms with Gasteiger partial charge in [0.1, 0.15) is 0 Å². The van der Waals surface area contributed by atoms with Crippen molar-refractivity contribution in [3.8, 4) is 0 Å². The van der Waals surface area contributed by atoms with Gasteiger partial charge in [-0.25, -0.2) is 0 Å². The number of ether oxygens (including phenoxy) is 2. The lowest BCUT2D eigenvalue weighted by Gasteiger charge is -2.23. The monoisotopic (exact) mass is 222 g/mol. The molecule has 0 radical (unpaired) electrons. The Morgan fingerprint density at radius 3 is 2.38 bits per heavy atom. The normalized spacial score (nSPS) is 16.3. The zero-order valence-corrected chi connectivity index (χ0v) is 10.8. The highest BCUT2D eigenvalue weighted by molar-refractivity contribution is 5.29. The highest BCUT2D eigenvalue weighted by atomic mass is 16.7. The van der Waals surface area contributed by atoms with Crippen LogP contribution in [-0.4, -0.2) is 20.5 Å². The van der Waals surface area contributed by atoms with Crippen LogP contribution in [0.2, 0.25) is 0 Å². The molecule has 1 aliphatic carbocycles. The summed E-state index contributed by atoms with van der Waals surface area (Å²) in [7, 11) is 3.38. The maximum atomic E-state index is 5.34. The van der Waals surface area contributed by atoms with Crippen LogP contribution < -0.4 is 0 Å². The first-order valence-corrected chi connectivity index (χ1v) is 5.86. The molecule has 0 saturated carbocycles. The first-order chi connectivity index (χ1) is 7.69. The summed E-state index contributed by atoms with van der Waals surface area (Å²) in [5, 5.41) is 0. The average molecular weight is 222 g/mol. The standard InChI is InChI=1S/C14H22O2/c1-11(2)9-10-12-7-5-6-8-13(12)14(15-3)16-4/h10,14H,5-8H2,1-4H3. The van der Waals surface area contributed by atoms with Crippen molar-refractivity contribution in [1.29, 1.82) is 0 Å². The Bertz CT molecular complexity index is 312. The summed E-state index contributed by atoms with van der Waals surface area (Å²) in [6, 6.07) is 0. The number of allylic oxidation sites excluding steroid dienone is 2. The fraction of sp³-hybridized carbons (Fsp3) is 0.643. The van der Waals surface area contributed by atoms with Gasteiger partial charge in [0.25, 0.3) is 0 Å². The topological polar surface area (TPSA) is 18.5 Å². The third kappa shape index (κ3) is 3.64.